The van der Waals surface area contributed by atoms with Crippen LogP contribution in [-0.4, -0.2) is 23.9 Å². The molecule has 0 N–H and O–H groups in total. The topological polar surface area (TPSA) is 83.5 Å². The molecule has 0 unspecified atom stereocenters. The predicted octanol–water partition coefficient (Wildman–Crippen LogP) is 2.85. The summed E-state index contributed by atoms with van der Waals surface area (Å²) < 4.78 is 37.7. The van der Waals surface area contributed by atoms with Crippen molar-refractivity contribution in [3.05, 3.63) is 12.2 Å². The Balaban J connectivity index is 0. The molecule has 0 aromatic heterocycles. The Bertz CT molecular complexity index is 515. The zero-order valence-corrected chi connectivity index (χ0v) is 21.3. The largest absolute Gasteiger partial charge is 1.00 e. The number of hydrogen-bond acceptors (Lipinski definition) is 5. The molecule has 160 valence electrons. The number of unbranched alkanes of at least 4 members (excludes halogenated alkanes) is 11. The monoisotopic (exact) mass is 426 g/mol. The van der Waals surface area contributed by atoms with E-state index >= 15 is 0 Å². The van der Waals surface area contributed by atoms with Crippen LogP contribution in [0.1, 0.15) is 111 Å². The van der Waals surface area contributed by atoms with Gasteiger partial charge in [-0.1, -0.05) is 70.4 Å². The van der Waals surface area contributed by atoms with E-state index in [0.29, 0.717) is 6.42 Å². The van der Waals surface area contributed by atoms with Gasteiger partial charge in [0.25, 0.3) is 0 Å². The van der Waals surface area contributed by atoms with Gasteiger partial charge < -0.3 is 9.29 Å². The fraction of sp³-hybridized carbons (Fsp3) is 0.857. The molecule has 0 aliphatic carbocycles. The van der Waals surface area contributed by atoms with Gasteiger partial charge in [-0.2, -0.15) is 0 Å². The zero-order chi connectivity index (χ0) is 20.6. The maximum absolute atomic E-state index is 11.6. The van der Waals surface area contributed by atoms with Gasteiger partial charge in [-0.15, -0.1) is 0 Å². The molecule has 0 aliphatic heterocycles. The summed E-state index contributed by atoms with van der Waals surface area (Å²) in [6, 6.07) is 0. The first-order chi connectivity index (χ1) is 12.7. The number of allylic oxidation sites excluding steroid dienone is 2. The van der Waals surface area contributed by atoms with Crippen molar-refractivity contribution >= 4 is 16.1 Å². The third kappa shape index (κ3) is 17.0. The number of rotatable bonds is 17. The minimum Gasteiger partial charge on any atom is -0.745 e. The zero-order valence-electron chi connectivity index (χ0n) is 18.5. The molecule has 0 aromatic carbocycles. The normalized spacial score (nSPS) is 12.1. The van der Waals surface area contributed by atoms with Gasteiger partial charge in [0.15, 0.2) is 4.93 Å². The van der Waals surface area contributed by atoms with Crippen molar-refractivity contribution in [1.82, 2.24) is 0 Å². The molecular weight excluding hydrogens is 387 g/mol. The molecule has 0 aliphatic rings. The Morgan fingerprint density at radius 3 is 1.75 bits per heavy atom. The molecule has 0 radical (unpaired) electrons. The van der Waals surface area contributed by atoms with Gasteiger partial charge in [-0.3, -0.25) is 4.79 Å². The fourth-order valence-electron chi connectivity index (χ4n) is 2.72. The predicted molar refractivity (Wildman–Crippen MR) is 109 cm³/mol. The molecule has 0 bridgehead atoms. The van der Waals surface area contributed by atoms with Crippen LogP contribution >= 0.6 is 0 Å². The molecule has 0 amide bonds. The quantitative estimate of drug-likeness (QED) is 0.117. The number of ether oxygens (including phenoxy) is 1. The van der Waals surface area contributed by atoms with Gasteiger partial charge in [0.2, 0.25) is 0 Å². The van der Waals surface area contributed by atoms with E-state index in [1.807, 2.05) is 0 Å². The first kappa shape index (κ1) is 30.3. The summed E-state index contributed by atoms with van der Waals surface area (Å²) in [5, 5.41) is 0. The van der Waals surface area contributed by atoms with Crippen molar-refractivity contribution in [2.75, 3.05) is 0 Å². The SMILES string of the molecule is CCCCCCCC/C=C\CCCCCCCC(=O)OC(C)(C)S(=O)(=O)[O-].[Na+]. The first-order valence-electron chi connectivity index (χ1n) is 10.5. The van der Waals surface area contributed by atoms with Crippen molar-refractivity contribution in [3.63, 3.8) is 0 Å². The van der Waals surface area contributed by atoms with Crippen molar-refractivity contribution in [3.8, 4) is 0 Å². The van der Waals surface area contributed by atoms with Crippen LogP contribution in [0.4, 0.5) is 0 Å². The molecule has 5 nitrogen and oxygen atoms in total. The van der Waals surface area contributed by atoms with Gasteiger partial charge in [-0.25, -0.2) is 8.42 Å². The molecule has 0 aromatic rings. The second-order valence-corrected chi connectivity index (χ2v) is 9.55. The summed E-state index contributed by atoms with van der Waals surface area (Å²) in [4.78, 5) is 9.61. The molecule has 0 saturated heterocycles. The molecule has 0 atom stereocenters. The Morgan fingerprint density at radius 1 is 0.857 bits per heavy atom. The van der Waals surface area contributed by atoms with E-state index in [4.69, 9.17) is 4.74 Å². The third-order valence-corrected chi connectivity index (χ3v) is 5.89. The molecule has 28 heavy (non-hydrogen) atoms. The van der Waals surface area contributed by atoms with Crippen LogP contribution in [0, 0.1) is 0 Å². The second kappa shape index (κ2) is 17.9. The van der Waals surface area contributed by atoms with Crippen molar-refractivity contribution in [2.45, 2.75) is 116 Å². The molecular formula is C21H39NaO5S. The molecule has 0 fully saturated rings. The number of hydrogen-bond donors (Lipinski definition) is 0. The average Bonchev–Trinajstić information content (AvgIpc) is 2.57. The van der Waals surface area contributed by atoms with Crippen molar-refractivity contribution < 1.29 is 52.1 Å². The number of carbonyl (C=O) groups is 1. The van der Waals surface area contributed by atoms with Crippen LogP contribution in [-0.2, 0) is 19.6 Å². The Hall–Kier alpha value is 0.120. The van der Waals surface area contributed by atoms with E-state index in [1.165, 1.54) is 44.9 Å². The Labute approximate surface area is 195 Å². The van der Waals surface area contributed by atoms with E-state index in [2.05, 4.69) is 19.1 Å². The second-order valence-electron chi connectivity index (χ2n) is 7.66. The third-order valence-electron chi connectivity index (χ3n) is 4.60. The van der Waals surface area contributed by atoms with Crippen LogP contribution in [0.2, 0.25) is 0 Å². The summed E-state index contributed by atoms with van der Waals surface area (Å²) in [5.41, 5.74) is 0. The maximum Gasteiger partial charge on any atom is 1.00 e. The van der Waals surface area contributed by atoms with E-state index in [1.54, 1.807) is 0 Å². The first-order valence-corrected chi connectivity index (χ1v) is 11.9. The maximum atomic E-state index is 11.6. The van der Waals surface area contributed by atoms with E-state index < -0.39 is 21.0 Å². The number of carbonyl (C=O) groups excluding carboxylic acids is 1. The van der Waals surface area contributed by atoms with Gasteiger partial charge in [0.1, 0.15) is 10.1 Å². The van der Waals surface area contributed by atoms with Gasteiger partial charge in [-0.05, 0) is 46.0 Å². The van der Waals surface area contributed by atoms with Crippen LogP contribution in [0.3, 0.4) is 0 Å². The van der Waals surface area contributed by atoms with Crippen molar-refractivity contribution in [1.29, 1.82) is 0 Å². The summed E-state index contributed by atoms with van der Waals surface area (Å²) in [6.07, 6.45) is 19.9. The van der Waals surface area contributed by atoms with E-state index in [-0.39, 0.29) is 36.0 Å². The Morgan fingerprint density at radius 2 is 1.29 bits per heavy atom. The minimum absolute atomic E-state index is 0. The molecule has 0 rings (SSSR count). The van der Waals surface area contributed by atoms with Gasteiger partial charge in [0.05, 0.1) is 0 Å². The van der Waals surface area contributed by atoms with Gasteiger partial charge in [0, 0.05) is 6.42 Å². The average molecular weight is 427 g/mol. The summed E-state index contributed by atoms with van der Waals surface area (Å²) >= 11 is 0. The van der Waals surface area contributed by atoms with Crippen molar-refractivity contribution in [2.24, 2.45) is 0 Å². The van der Waals surface area contributed by atoms with E-state index in [9.17, 15) is 17.8 Å². The summed E-state index contributed by atoms with van der Waals surface area (Å²) in [6.45, 7) is 4.45. The Kier molecular flexibility index (Phi) is 19.4. The van der Waals surface area contributed by atoms with Crippen LogP contribution in [0.15, 0.2) is 12.2 Å². The minimum atomic E-state index is -4.66. The molecule has 7 heteroatoms. The standard InChI is InChI=1S/C21H40O5S.Na/c1-4-5-6-7-8-9-10-11-12-13-14-15-16-17-18-19-20(22)26-21(2,3)27(23,24)25;/h11-12H,4-10,13-19H2,1-3H3,(H,23,24,25);/q;+1/p-1/b12-11-;. The summed E-state index contributed by atoms with van der Waals surface area (Å²) in [5.74, 6) is -0.628. The van der Waals surface area contributed by atoms with Crippen LogP contribution in [0.5, 0.6) is 0 Å². The smallest absolute Gasteiger partial charge is 0.745 e. The molecule has 0 spiro atoms. The van der Waals surface area contributed by atoms with Gasteiger partial charge >= 0.3 is 35.5 Å². The fourth-order valence-corrected chi connectivity index (χ4v) is 2.91. The number of esters is 1. The van der Waals surface area contributed by atoms with E-state index in [0.717, 1.165) is 46.0 Å². The van der Waals surface area contributed by atoms with Crippen LogP contribution < -0.4 is 29.6 Å². The molecule has 0 saturated carbocycles. The summed E-state index contributed by atoms with van der Waals surface area (Å²) in [7, 11) is -4.66. The van der Waals surface area contributed by atoms with Crippen LogP contribution in [0.25, 0.3) is 0 Å². The molecule has 0 heterocycles.